The smallest absolute Gasteiger partial charge is 0.252 e. The zero-order chi connectivity index (χ0) is 14.5. The molecule has 3 nitrogen and oxygen atoms in total. The molecule has 0 saturated carbocycles. The zero-order valence-corrected chi connectivity index (χ0v) is 11.9. The molecule has 0 bridgehead atoms. The summed E-state index contributed by atoms with van der Waals surface area (Å²) in [5.74, 6) is 0.106. The minimum atomic E-state index is -0.297. The van der Waals surface area contributed by atoms with Crippen LogP contribution in [-0.4, -0.2) is 23.5 Å². The number of hydrogen-bond acceptors (Lipinski definition) is 2. The summed E-state index contributed by atoms with van der Waals surface area (Å²) < 4.78 is 5.78. The van der Waals surface area contributed by atoms with Gasteiger partial charge in [-0.1, -0.05) is 60.7 Å². The summed E-state index contributed by atoms with van der Waals surface area (Å²) in [5, 5.41) is 0. The molecule has 3 rings (SSSR count). The Morgan fingerprint density at radius 3 is 2.24 bits per heavy atom. The van der Waals surface area contributed by atoms with Crippen LogP contribution < -0.4 is 0 Å². The van der Waals surface area contributed by atoms with Crippen molar-refractivity contribution < 1.29 is 9.53 Å². The summed E-state index contributed by atoms with van der Waals surface area (Å²) in [5.41, 5.74) is 2.27. The maximum absolute atomic E-state index is 12.3. The van der Waals surface area contributed by atoms with Gasteiger partial charge >= 0.3 is 0 Å². The summed E-state index contributed by atoms with van der Waals surface area (Å²) in [4.78, 5) is 14.2. The van der Waals surface area contributed by atoms with Gasteiger partial charge in [-0.25, -0.2) is 0 Å². The molecule has 0 aromatic heterocycles. The van der Waals surface area contributed by atoms with E-state index in [0.29, 0.717) is 13.2 Å². The van der Waals surface area contributed by atoms with Gasteiger partial charge in [0.2, 0.25) is 0 Å². The van der Waals surface area contributed by atoms with Crippen LogP contribution in [0.15, 0.2) is 60.7 Å². The third-order valence-corrected chi connectivity index (χ3v) is 3.76. The lowest BCUT2D eigenvalue weighted by molar-refractivity contribution is -0.138. The number of benzene rings is 2. The normalized spacial score (nSPS) is 18.2. The highest BCUT2D eigenvalue weighted by Crippen LogP contribution is 2.18. The molecule has 2 aromatic carbocycles. The summed E-state index contributed by atoms with van der Waals surface area (Å²) in [6.07, 6.45) is 0.479. The minimum Gasteiger partial charge on any atom is -0.364 e. The lowest BCUT2D eigenvalue weighted by Crippen LogP contribution is -2.30. The number of nitrogens with zero attached hydrogens (tertiary/aromatic N) is 1. The van der Waals surface area contributed by atoms with E-state index in [1.54, 1.807) is 0 Å². The topological polar surface area (TPSA) is 29.5 Å². The molecule has 0 radical (unpaired) electrons. The van der Waals surface area contributed by atoms with Gasteiger partial charge in [0, 0.05) is 19.5 Å². The molecule has 0 N–H and O–H groups in total. The van der Waals surface area contributed by atoms with Gasteiger partial charge in [0.05, 0.1) is 6.61 Å². The van der Waals surface area contributed by atoms with Gasteiger partial charge in [-0.15, -0.1) is 0 Å². The van der Waals surface area contributed by atoms with Crippen LogP contribution in [0, 0.1) is 0 Å². The standard InChI is InChI=1S/C18H19NO2/c20-18-17(21-14-16-9-5-2-6-10-16)11-12-19(18)13-15-7-3-1-4-8-15/h1-10,17H,11-14H2/t17-/m0/s1. The van der Waals surface area contributed by atoms with E-state index in [1.807, 2.05) is 65.6 Å². The van der Waals surface area contributed by atoms with Crippen LogP contribution in [-0.2, 0) is 22.7 Å². The number of rotatable bonds is 5. The van der Waals surface area contributed by atoms with E-state index in [9.17, 15) is 4.79 Å². The highest BCUT2D eigenvalue weighted by atomic mass is 16.5. The van der Waals surface area contributed by atoms with Crippen molar-refractivity contribution in [2.24, 2.45) is 0 Å². The molecule has 1 saturated heterocycles. The third-order valence-electron chi connectivity index (χ3n) is 3.76. The molecule has 1 aliphatic heterocycles. The first-order chi connectivity index (χ1) is 10.3. The van der Waals surface area contributed by atoms with E-state index < -0.39 is 0 Å². The fourth-order valence-electron chi connectivity index (χ4n) is 2.60. The van der Waals surface area contributed by atoms with Crippen LogP contribution in [0.1, 0.15) is 17.5 Å². The predicted molar refractivity (Wildman–Crippen MR) is 81.5 cm³/mol. The van der Waals surface area contributed by atoms with E-state index in [2.05, 4.69) is 0 Å². The second-order valence-electron chi connectivity index (χ2n) is 5.32. The molecule has 0 spiro atoms. The van der Waals surface area contributed by atoms with Crippen LogP contribution in [0.25, 0.3) is 0 Å². The first kappa shape index (κ1) is 13.8. The second kappa shape index (κ2) is 6.55. The molecular weight excluding hydrogens is 262 g/mol. The van der Waals surface area contributed by atoms with Gasteiger partial charge in [-0.2, -0.15) is 0 Å². The highest BCUT2D eigenvalue weighted by Gasteiger charge is 2.32. The molecule has 1 atom stereocenters. The summed E-state index contributed by atoms with van der Waals surface area (Å²) in [7, 11) is 0. The molecule has 1 aliphatic rings. The average molecular weight is 281 g/mol. The lowest BCUT2D eigenvalue weighted by atomic mass is 10.2. The maximum Gasteiger partial charge on any atom is 0.252 e. The van der Waals surface area contributed by atoms with Gasteiger partial charge in [0.1, 0.15) is 6.10 Å². The van der Waals surface area contributed by atoms with Gasteiger partial charge in [-0.05, 0) is 11.1 Å². The zero-order valence-electron chi connectivity index (χ0n) is 11.9. The fraction of sp³-hybridized carbons (Fsp3) is 0.278. The van der Waals surface area contributed by atoms with Crippen molar-refractivity contribution in [1.82, 2.24) is 4.90 Å². The van der Waals surface area contributed by atoms with Crippen LogP contribution in [0.4, 0.5) is 0 Å². The Morgan fingerprint density at radius 2 is 1.57 bits per heavy atom. The van der Waals surface area contributed by atoms with E-state index in [0.717, 1.165) is 24.1 Å². The van der Waals surface area contributed by atoms with Crippen molar-refractivity contribution in [3.05, 3.63) is 71.8 Å². The lowest BCUT2D eigenvalue weighted by Gasteiger charge is -2.17. The van der Waals surface area contributed by atoms with Crippen molar-refractivity contribution in [3.8, 4) is 0 Å². The van der Waals surface area contributed by atoms with E-state index in [1.165, 1.54) is 0 Å². The van der Waals surface area contributed by atoms with Crippen molar-refractivity contribution in [2.45, 2.75) is 25.7 Å². The van der Waals surface area contributed by atoms with Gasteiger partial charge in [0.25, 0.3) is 5.91 Å². The Balaban J connectivity index is 1.54. The molecule has 1 heterocycles. The molecule has 0 aliphatic carbocycles. The molecule has 2 aromatic rings. The number of ether oxygens (including phenoxy) is 1. The number of likely N-dealkylation sites (tertiary alicyclic amines) is 1. The maximum atomic E-state index is 12.3. The molecule has 0 unspecified atom stereocenters. The first-order valence-electron chi connectivity index (χ1n) is 7.31. The summed E-state index contributed by atoms with van der Waals surface area (Å²) >= 11 is 0. The Hall–Kier alpha value is -2.13. The molecule has 21 heavy (non-hydrogen) atoms. The monoisotopic (exact) mass is 281 g/mol. The van der Waals surface area contributed by atoms with Crippen molar-refractivity contribution >= 4 is 5.91 Å². The summed E-state index contributed by atoms with van der Waals surface area (Å²) in [6, 6.07) is 20.1. The Bertz CT molecular complexity index is 583. The second-order valence-corrected chi connectivity index (χ2v) is 5.32. The predicted octanol–water partition coefficient (Wildman–Crippen LogP) is 3.00. The van der Waals surface area contributed by atoms with Crippen molar-refractivity contribution in [3.63, 3.8) is 0 Å². The van der Waals surface area contributed by atoms with E-state index in [-0.39, 0.29) is 12.0 Å². The first-order valence-corrected chi connectivity index (χ1v) is 7.31. The summed E-state index contributed by atoms with van der Waals surface area (Å²) in [6.45, 7) is 1.94. The largest absolute Gasteiger partial charge is 0.364 e. The number of amides is 1. The number of carbonyl (C=O) groups is 1. The molecule has 3 heteroatoms. The van der Waals surface area contributed by atoms with Crippen molar-refractivity contribution in [1.29, 1.82) is 0 Å². The Labute approximate surface area is 125 Å². The highest BCUT2D eigenvalue weighted by molar-refractivity contribution is 5.83. The number of carbonyl (C=O) groups excluding carboxylic acids is 1. The SMILES string of the molecule is O=C1[C@@H](OCc2ccccc2)CCN1Cc1ccccc1. The van der Waals surface area contributed by atoms with Gasteiger partial charge < -0.3 is 9.64 Å². The Kier molecular flexibility index (Phi) is 4.31. The molecular formula is C18H19NO2. The van der Waals surface area contributed by atoms with Crippen LogP contribution in [0.5, 0.6) is 0 Å². The van der Waals surface area contributed by atoms with Gasteiger partial charge in [-0.3, -0.25) is 4.79 Å². The number of hydrogen-bond donors (Lipinski definition) is 0. The van der Waals surface area contributed by atoms with Crippen LogP contribution >= 0.6 is 0 Å². The van der Waals surface area contributed by atoms with Crippen LogP contribution in [0.2, 0.25) is 0 Å². The quantitative estimate of drug-likeness (QED) is 0.843. The van der Waals surface area contributed by atoms with E-state index in [4.69, 9.17) is 4.74 Å². The minimum absolute atomic E-state index is 0.106. The fourth-order valence-corrected chi connectivity index (χ4v) is 2.60. The molecule has 108 valence electrons. The van der Waals surface area contributed by atoms with Crippen molar-refractivity contribution in [2.75, 3.05) is 6.54 Å². The molecule has 1 amide bonds. The average Bonchev–Trinajstić information content (AvgIpc) is 2.88. The Morgan fingerprint density at radius 1 is 0.952 bits per heavy atom. The third kappa shape index (κ3) is 3.50. The van der Waals surface area contributed by atoms with Gasteiger partial charge in [0.15, 0.2) is 0 Å². The van der Waals surface area contributed by atoms with E-state index >= 15 is 0 Å². The molecule has 1 fully saturated rings. The van der Waals surface area contributed by atoms with Crippen LogP contribution in [0.3, 0.4) is 0 Å².